The second-order valence-electron chi connectivity index (χ2n) is 5.45. The average Bonchev–Trinajstić information content (AvgIpc) is 2.57. The summed E-state index contributed by atoms with van der Waals surface area (Å²) in [6, 6.07) is 7.19. The van der Waals surface area contributed by atoms with Crippen LogP contribution in [0.15, 0.2) is 36.7 Å². The van der Waals surface area contributed by atoms with E-state index in [1.165, 1.54) is 0 Å². The summed E-state index contributed by atoms with van der Waals surface area (Å²) < 4.78 is 0. The zero-order chi connectivity index (χ0) is 16.2. The first-order chi connectivity index (χ1) is 11.1. The Bertz CT molecular complexity index is 683. The molecule has 0 spiro atoms. The number of nitrogen functional groups attached to an aromatic ring is 1. The molecule has 1 aliphatic heterocycles. The van der Waals surface area contributed by atoms with Gasteiger partial charge in [-0.1, -0.05) is 17.7 Å². The fourth-order valence-electron chi connectivity index (χ4n) is 2.64. The number of hydrogen-bond donors (Lipinski definition) is 1. The number of nitrogens with two attached hydrogens (primary N) is 1. The lowest BCUT2D eigenvalue weighted by Crippen LogP contribution is -2.49. The van der Waals surface area contributed by atoms with Crippen LogP contribution >= 0.6 is 11.6 Å². The first kappa shape index (κ1) is 15.6. The van der Waals surface area contributed by atoms with Gasteiger partial charge in [-0.05, 0) is 23.8 Å². The van der Waals surface area contributed by atoms with Crippen LogP contribution in [0.5, 0.6) is 0 Å². The third-order valence-corrected chi connectivity index (χ3v) is 4.12. The quantitative estimate of drug-likeness (QED) is 0.865. The van der Waals surface area contributed by atoms with Gasteiger partial charge in [-0.25, -0.2) is 9.97 Å². The molecule has 0 bridgehead atoms. The van der Waals surface area contributed by atoms with E-state index in [1.54, 1.807) is 18.5 Å². The van der Waals surface area contributed by atoms with Crippen LogP contribution in [0.3, 0.4) is 0 Å². The van der Waals surface area contributed by atoms with Gasteiger partial charge < -0.3 is 15.5 Å². The summed E-state index contributed by atoms with van der Waals surface area (Å²) in [6.07, 6.45) is 3.72. The summed E-state index contributed by atoms with van der Waals surface area (Å²) >= 11 is 5.76. The number of carbonyl (C=O) groups excluding carboxylic acids is 1. The number of amides is 1. The first-order valence-corrected chi connectivity index (χ1v) is 7.85. The van der Waals surface area contributed by atoms with Gasteiger partial charge in [0.2, 0.25) is 5.91 Å². The van der Waals surface area contributed by atoms with Crippen molar-refractivity contribution in [2.24, 2.45) is 0 Å². The highest BCUT2D eigenvalue weighted by atomic mass is 35.5. The fraction of sp³-hybridized carbons (Fsp3) is 0.312. The van der Waals surface area contributed by atoms with Gasteiger partial charge in [0.25, 0.3) is 0 Å². The highest BCUT2D eigenvalue weighted by Gasteiger charge is 2.22. The number of aromatic nitrogens is 2. The van der Waals surface area contributed by atoms with E-state index in [2.05, 4.69) is 14.9 Å². The van der Waals surface area contributed by atoms with Crippen molar-refractivity contribution in [3.8, 4) is 0 Å². The number of rotatable bonds is 3. The molecular formula is C16H18ClN5O. The van der Waals surface area contributed by atoms with Gasteiger partial charge in [0, 0.05) is 38.6 Å². The third-order valence-electron chi connectivity index (χ3n) is 3.89. The van der Waals surface area contributed by atoms with Crippen LogP contribution in [0.25, 0.3) is 0 Å². The molecule has 0 aromatic carbocycles. The number of carbonyl (C=O) groups is 1. The maximum absolute atomic E-state index is 12.4. The molecule has 23 heavy (non-hydrogen) atoms. The third kappa shape index (κ3) is 3.71. The van der Waals surface area contributed by atoms with Crippen molar-refractivity contribution < 1.29 is 4.79 Å². The highest BCUT2D eigenvalue weighted by molar-refractivity contribution is 6.29. The van der Waals surface area contributed by atoms with Crippen molar-refractivity contribution in [1.82, 2.24) is 14.9 Å². The Hall–Kier alpha value is -2.34. The molecule has 0 aliphatic carbocycles. The van der Waals surface area contributed by atoms with E-state index < -0.39 is 0 Å². The van der Waals surface area contributed by atoms with E-state index in [9.17, 15) is 4.79 Å². The Kier molecular flexibility index (Phi) is 4.62. The molecule has 1 fully saturated rings. The van der Waals surface area contributed by atoms with Crippen LogP contribution in [0.2, 0.25) is 5.15 Å². The molecule has 0 atom stereocenters. The number of piperazine rings is 1. The Morgan fingerprint density at radius 2 is 1.96 bits per heavy atom. The Balaban J connectivity index is 1.57. The zero-order valence-corrected chi connectivity index (χ0v) is 13.4. The summed E-state index contributed by atoms with van der Waals surface area (Å²) in [6.45, 7) is 2.78. The van der Waals surface area contributed by atoms with Crippen molar-refractivity contribution in [2.75, 3.05) is 36.8 Å². The number of anilines is 2. The molecule has 2 N–H and O–H groups in total. The largest absolute Gasteiger partial charge is 0.396 e. The Morgan fingerprint density at radius 3 is 2.61 bits per heavy atom. The molecule has 120 valence electrons. The van der Waals surface area contributed by atoms with Gasteiger partial charge in [-0.2, -0.15) is 0 Å². The molecule has 1 aliphatic rings. The normalized spacial score (nSPS) is 14.8. The standard InChI is InChI=1S/C16H18ClN5O/c17-14-4-3-12(11-20-14)10-15(23)21-6-8-22(9-7-21)16-13(18)2-1-5-19-16/h1-5,11H,6-10,18H2. The molecule has 6 nitrogen and oxygen atoms in total. The van der Waals surface area contributed by atoms with E-state index in [1.807, 2.05) is 23.1 Å². The van der Waals surface area contributed by atoms with Crippen LogP contribution in [0.4, 0.5) is 11.5 Å². The maximum Gasteiger partial charge on any atom is 0.227 e. The summed E-state index contributed by atoms with van der Waals surface area (Å²) in [4.78, 5) is 24.7. The fourth-order valence-corrected chi connectivity index (χ4v) is 2.75. The minimum atomic E-state index is 0.0998. The molecule has 1 amide bonds. The lowest BCUT2D eigenvalue weighted by Gasteiger charge is -2.35. The van der Waals surface area contributed by atoms with Crippen molar-refractivity contribution in [1.29, 1.82) is 0 Å². The zero-order valence-electron chi connectivity index (χ0n) is 12.7. The second-order valence-corrected chi connectivity index (χ2v) is 5.84. The SMILES string of the molecule is Nc1cccnc1N1CCN(C(=O)Cc2ccc(Cl)nc2)CC1. The number of halogens is 1. The number of pyridine rings is 2. The van der Waals surface area contributed by atoms with Gasteiger partial charge in [0.15, 0.2) is 5.82 Å². The summed E-state index contributed by atoms with van der Waals surface area (Å²) in [7, 11) is 0. The summed E-state index contributed by atoms with van der Waals surface area (Å²) in [5.41, 5.74) is 7.50. The lowest BCUT2D eigenvalue weighted by molar-refractivity contribution is -0.130. The van der Waals surface area contributed by atoms with E-state index in [0.29, 0.717) is 30.4 Å². The van der Waals surface area contributed by atoms with Gasteiger partial charge in [-0.15, -0.1) is 0 Å². The molecule has 0 saturated carbocycles. The molecule has 1 saturated heterocycles. The molecule has 2 aromatic rings. The van der Waals surface area contributed by atoms with Crippen molar-refractivity contribution in [2.45, 2.75) is 6.42 Å². The smallest absolute Gasteiger partial charge is 0.227 e. The van der Waals surface area contributed by atoms with Gasteiger partial charge in [0.1, 0.15) is 5.15 Å². The Labute approximate surface area is 139 Å². The Morgan fingerprint density at radius 1 is 1.17 bits per heavy atom. The topological polar surface area (TPSA) is 75.3 Å². The van der Waals surface area contributed by atoms with Gasteiger partial charge in [-0.3, -0.25) is 4.79 Å². The van der Waals surface area contributed by atoms with Crippen molar-refractivity contribution in [3.63, 3.8) is 0 Å². The number of hydrogen-bond acceptors (Lipinski definition) is 5. The molecular weight excluding hydrogens is 314 g/mol. The predicted octanol–water partition coefficient (Wildman–Crippen LogP) is 1.60. The molecule has 0 radical (unpaired) electrons. The monoisotopic (exact) mass is 331 g/mol. The lowest BCUT2D eigenvalue weighted by atomic mass is 10.2. The van der Waals surface area contributed by atoms with E-state index >= 15 is 0 Å². The average molecular weight is 332 g/mol. The van der Waals surface area contributed by atoms with Gasteiger partial charge in [0.05, 0.1) is 12.1 Å². The van der Waals surface area contributed by atoms with Crippen molar-refractivity contribution in [3.05, 3.63) is 47.4 Å². The second kappa shape index (κ2) is 6.83. The molecule has 2 aromatic heterocycles. The van der Waals surface area contributed by atoms with E-state index in [-0.39, 0.29) is 5.91 Å². The van der Waals surface area contributed by atoms with Gasteiger partial charge >= 0.3 is 0 Å². The summed E-state index contributed by atoms with van der Waals surface area (Å²) in [5, 5.41) is 0.433. The molecule has 0 unspecified atom stereocenters. The maximum atomic E-state index is 12.4. The predicted molar refractivity (Wildman–Crippen MR) is 90.4 cm³/mol. The van der Waals surface area contributed by atoms with Crippen LogP contribution in [-0.4, -0.2) is 47.0 Å². The van der Waals surface area contributed by atoms with E-state index in [4.69, 9.17) is 17.3 Å². The summed E-state index contributed by atoms with van der Waals surface area (Å²) in [5.74, 6) is 0.893. The van der Waals surface area contributed by atoms with E-state index in [0.717, 1.165) is 24.5 Å². The van der Waals surface area contributed by atoms with Crippen LogP contribution < -0.4 is 10.6 Å². The molecule has 3 rings (SSSR count). The number of nitrogens with zero attached hydrogens (tertiary/aromatic N) is 4. The van der Waals surface area contributed by atoms with Crippen LogP contribution in [0.1, 0.15) is 5.56 Å². The minimum absolute atomic E-state index is 0.0998. The minimum Gasteiger partial charge on any atom is -0.396 e. The molecule has 3 heterocycles. The molecule has 7 heteroatoms. The van der Waals surface area contributed by atoms with Crippen molar-refractivity contribution >= 4 is 29.0 Å². The van der Waals surface area contributed by atoms with Crippen LogP contribution in [0, 0.1) is 0 Å². The van der Waals surface area contributed by atoms with Crippen LogP contribution in [-0.2, 0) is 11.2 Å². The first-order valence-electron chi connectivity index (χ1n) is 7.47. The highest BCUT2D eigenvalue weighted by Crippen LogP contribution is 2.20.